The van der Waals surface area contributed by atoms with Crippen molar-refractivity contribution in [3.05, 3.63) is 0 Å². The molecule has 0 amide bonds. The molecule has 1 saturated carbocycles. The van der Waals surface area contributed by atoms with E-state index in [0.29, 0.717) is 0 Å². The third kappa shape index (κ3) is 4.91. The summed E-state index contributed by atoms with van der Waals surface area (Å²) < 4.78 is 0. The van der Waals surface area contributed by atoms with Gasteiger partial charge < -0.3 is 5.11 Å². The first-order valence-corrected chi connectivity index (χ1v) is 8.23. The number of aliphatic hydroxyl groups is 1. The average Bonchev–Trinajstić information content (AvgIpc) is 2.35. The maximum absolute atomic E-state index is 10.8. The molecular weight excluding hydrogens is 220 g/mol. The van der Waals surface area contributed by atoms with Crippen LogP contribution in [0.1, 0.15) is 85.5 Å². The van der Waals surface area contributed by atoms with Crippen LogP contribution in [-0.2, 0) is 0 Å². The molecule has 0 aromatic carbocycles. The van der Waals surface area contributed by atoms with Crippen molar-refractivity contribution in [3.8, 4) is 0 Å². The van der Waals surface area contributed by atoms with Crippen LogP contribution in [0, 0.1) is 17.8 Å². The number of unbranched alkanes of at least 4 members (excludes halogenated alkanes) is 1. The van der Waals surface area contributed by atoms with Crippen LogP contribution in [0.15, 0.2) is 0 Å². The Balaban J connectivity index is 2.40. The molecule has 1 N–H and O–H groups in total. The van der Waals surface area contributed by atoms with Crippen LogP contribution in [0.3, 0.4) is 0 Å². The van der Waals surface area contributed by atoms with Gasteiger partial charge in [-0.15, -0.1) is 0 Å². The van der Waals surface area contributed by atoms with Crippen LogP contribution in [0.5, 0.6) is 0 Å². The van der Waals surface area contributed by atoms with Crippen molar-refractivity contribution in [1.29, 1.82) is 0 Å². The minimum atomic E-state index is -0.334. The number of rotatable bonds is 7. The zero-order valence-corrected chi connectivity index (χ0v) is 13.0. The molecule has 0 aliphatic heterocycles. The Morgan fingerprint density at radius 1 is 1.17 bits per heavy atom. The molecule has 0 heterocycles. The van der Waals surface area contributed by atoms with Crippen molar-refractivity contribution in [2.45, 2.75) is 91.1 Å². The monoisotopic (exact) mass is 254 g/mol. The van der Waals surface area contributed by atoms with Crippen LogP contribution >= 0.6 is 0 Å². The lowest BCUT2D eigenvalue weighted by Gasteiger charge is -2.39. The summed E-state index contributed by atoms with van der Waals surface area (Å²) in [6.07, 6.45) is 10.7. The highest BCUT2D eigenvalue weighted by Gasteiger charge is 2.35. The minimum Gasteiger partial charge on any atom is -0.390 e. The van der Waals surface area contributed by atoms with Crippen molar-refractivity contribution >= 4 is 0 Å². The van der Waals surface area contributed by atoms with Gasteiger partial charge in [0.25, 0.3) is 0 Å². The molecule has 1 fully saturated rings. The van der Waals surface area contributed by atoms with Crippen molar-refractivity contribution in [1.82, 2.24) is 0 Å². The minimum absolute atomic E-state index is 0.334. The quantitative estimate of drug-likeness (QED) is 0.664. The van der Waals surface area contributed by atoms with Crippen LogP contribution in [0.25, 0.3) is 0 Å². The zero-order valence-electron chi connectivity index (χ0n) is 13.0. The Bertz CT molecular complexity index is 214. The number of hydrogen-bond donors (Lipinski definition) is 1. The van der Waals surface area contributed by atoms with Crippen LogP contribution in [0.2, 0.25) is 0 Å². The highest BCUT2D eigenvalue weighted by molar-refractivity contribution is 4.88. The second kappa shape index (κ2) is 7.53. The lowest BCUT2D eigenvalue weighted by Crippen LogP contribution is -2.37. The van der Waals surface area contributed by atoms with Gasteiger partial charge in [-0.05, 0) is 49.9 Å². The summed E-state index contributed by atoms with van der Waals surface area (Å²) in [4.78, 5) is 0. The molecule has 1 atom stereocenters. The molecule has 0 spiro atoms. The first-order valence-electron chi connectivity index (χ1n) is 8.23. The highest BCUT2D eigenvalue weighted by Crippen LogP contribution is 2.40. The molecule has 1 aliphatic rings. The maximum atomic E-state index is 10.8. The van der Waals surface area contributed by atoms with Gasteiger partial charge in [-0.25, -0.2) is 0 Å². The molecule has 0 saturated heterocycles. The molecule has 0 radical (unpaired) electrons. The highest BCUT2D eigenvalue weighted by atomic mass is 16.3. The first-order chi connectivity index (χ1) is 8.50. The Hall–Kier alpha value is -0.0400. The van der Waals surface area contributed by atoms with E-state index in [9.17, 15) is 5.11 Å². The van der Waals surface area contributed by atoms with E-state index in [1.165, 1.54) is 38.5 Å². The zero-order chi connectivity index (χ0) is 13.6. The molecule has 1 nitrogen and oxygen atoms in total. The molecule has 0 bridgehead atoms. The normalized spacial score (nSPS) is 30.7. The van der Waals surface area contributed by atoms with Gasteiger partial charge in [-0.3, -0.25) is 0 Å². The van der Waals surface area contributed by atoms with E-state index in [0.717, 1.165) is 37.0 Å². The Morgan fingerprint density at radius 3 is 2.22 bits per heavy atom. The van der Waals surface area contributed by atoms with E-state index in [4.69, 9.17) is 0 Å². The van der Waals surface area contributed by atoms with E-state index in [1.807, 2.05) is 0 Å². The van der Waals surface area contributed by atoms with E-state index in [1.54, 1.807) is 0 Å². The van der Waals surface area contributed by atoms with Gasteiger partial charge in [0.1, 0.15) is 0 Å². The molecule has 18 heavy (non-hydrogen) atoms. The van der Waals surface area contributed by atoms with Crippen LogP contribution < -0.4 is 0 Å². The molecule has 1 unspecified atom stereocenters. The van der Waals surface area contributed by atoms with E-state index in [2.05, 4.69) is 27.7 Å². The van der Waals surface area contributed by atoms with Crippen molar-refractivity contribution in [2.75, 3.05) is 0 Å². The van der Waals surface area contributed by atoms with Gasteiger partial charge in [0.2, 0.25) is 0 Å². The van der Waals surface area contributed by atoms with Gasteiger partial charge in [0, 0.05) is 0 Å². The van der Waals surface area contributed by atoms with E-state index < -0.39 is 0 Å². The van der Waals surface area contributed by atoms with Gasteiger partial charge in [-0.1, -0.05) is 53.4 Å². The van der Waals surface area contributed by atoms with E-state index >= 15 is 0 Å². The number of hydrogen-bond acceptors (Lipinski definition) is 1. The van der Waals surface area contributed by atoms with Crippen molar-refractivity contribution in [3.63, 3.8) is 0 Å². The molecule has 1 rings (SSSR count). The first kappa shape index (κ1) is 16.0. The molecule has 1 aliphatic carbocycles. The lowest BCUT2D eigenvalue weighted by atomic mass is 9.71. The van der Waals surface area contributed by atoms with Gasteiger partial charge in [0.05, 0.1) is 5.60 Å². The smallest absolute Gasteiger partial charge is 0.0650 e. The maximum Gasteiger partial charge on any atom is 0.0650 e. The summed E-state index contributed by atoms with van der Waals surface area (Å²) in [5.74, 6) is 2.38. The third-order valence-electron chi connectivity index (χ3n) is 5.12. The summed E-state index contributed by atoms with van der Waals surface area (Å²) >= 11 is 0. The van der Waals surface area contributed by atoms with Crippen LogP contribution in [-0.4, -0.2) is 10.7 Å². The van der Waals surface area contributed by atoms with Crippen molar-refractivity contribution in [2.24, 2.45) is 17.8 Å². The molecule has 1 heteroatoms. The summed E-state index contributed by atoms with van der Waals surface area (Å²) in [6, 6.07) is 0. The fraction of sp³-hybridized carbons (Fsp3) is 1.00. The topological polar surface area (TPSA) is 20.2 Å². The average molecular weight is 254 g/mol. The third-order valence-corrected chi connectivity index (χ3v) is 5.12. The van der Waals surface area contributed by atoms with Crippen molar-refractivity contribution < 1.29 is 5.11 Å². The second-order valence-electron chi connectivity index (χ2n) is 6.93. The Kier molecular flexibility index (Phi) is 6.70. The fourth-order valence-corrected chi connectivity index (χ4v) is 3.53. The SMILES string of the molecule is CCCCC(CC)CC1(O)CCC(C(C)C)CC1. The van der Waals surface area contributed by atoms with Crippen LogP contribution in [0.4, 0.5) is 0 Å². The predicted molar refractivity (Wildman–Crippen MR) is 79.7 cm³/mol. The Morgan fingerprint density at radius 2 is 1.78 bits per heavy atom. The molecule has 108 valence electrons. The molecule has 0 aromatic heterocycles. The summed E-state index contributed by atoms with van der Waals surface area (Å²) in [5, 5.41) is 10.8. The largest absolute Gasteiger partial charge is 0.390 e. The molecular formula is C17H34O. The lowest BCUT2D eigenvalue weighted by molar-refractivity contribution is -0.0355. The Labute approximate surface area is 114 Å². The van der Waals surface area contributed by atoms with Gasteiger partial charge in [-0.2, -0.15) is 0 Å². The standard InChI is InChI=1S/C17H34O/c1-5-7-8-15(6-2)13-17(18)11-9-16(10-12-17)14(3)4/h14-16,18H,5-13H2,1-4H3. The summed E-state index contributed by atoms with van der Waals surface area (Å²) in [7, 11) is 0. The summed E-state index contributed by atoms with van der Waals surface area (Å²) in [5.41, 5.74) is -0.334. The predicted octanol–water partition coefficient (Wildman–Crippen LogP) is 5.17. The van der Waals surface area contributed by atoms with Gasteiger partial charge >= 0.3 is 0 Å². The molecule has 0 aromatic rings. The second-order valence-corrected chi connectivity index (χ2v) is 6.93. The van der Waals surface area contributed by atoms with E-state index in [-0.39, 0.29) is 5.60 Å². The fourth-order valence-electron chi connectivity index (χ4n) is 3.53. The van der Waals surface area contributed by atoms with Gasteiger partial charge in [0.15, 0.2) is 0 Å². The summed E-state index contributed by atoms with van der Waals surface area (Å²) in [6.45, 7) is 9.19.